The summed E-state index contributed by atoms with van der Waals surface area (Å²) in [4.78, 5) is 0. The van der Waals surface area contributed by atoms with Crippen molar-refractivity contribution in [2.75, 3.05) is 12.4 Å². The third kappa shape index (κ3) is 3.01. The number of anilines is 1. The molecule has 5 heteroatoms. The van der Waals surface area contributed by atoms with Crippen molar-refractivity contribution < 1.29 is 4.74 Å². The van der Waals surface area contributed by atoms with Crippen molar-refractivity contribution in [2.45, 2.75) is 19.9 Å². The van der Waals surface area contributed by atoms with E-state index >= 15 is 0 Å². The fourth-order valence-corrected chi connectivity index (χ4v) is 2.26. The molecular formula is C14H18ClN3O. The average Bonchev–Trinajstić information content (AvgIpc) is 2.77. The Bertz CT molecular complexity index is 566. The molecule has 0 spiro atoms. The van der Waals surface area contributed by atoms with Gasteiger partial charge in [0.05, 0.1) is 18.5 Å². The molecule has 0 aliphatic heterocycles. The standard InChI is InChI=1S/C14H18ClN3O/c1-4-12-13(9-18(2)17-12)16-8-10-11(15)6-5-7-14(10)19-3/h5-7,9,16H,4,8H2,1-3H3. The van der Waals surface area contributed by atoms with Gasteiger partial charge in [-0.15, -0.1) is 0 Å². The number of rotatable bonds is 5. The molecule has 1 heterocycles. The Balaban J connectivity index is 2.18. The summed E-state index contributed by atoms with van der Waals surface area (Å²) in [6.07, 6.45) is 2.87. The molecule has 0 amide bonds. The van der Waals surface area contributed by atoms with Crippen molar-refractivity contribution in [1.29, 1.82) is 0 Å². The van der Waals surface area contributed by atoms with Crippen molar-refractivity contribution in [1.82, 2.24) is 9.78 Å². The molecule has 1 aromatic heterocycles. The van der Waals surface area contributed by atoms with Crippen molar-refractivity contribution >= 4 is 17.3 Å². The first kappa shape index (κ1) is 13.7. The molecule has 19 heavy (non-hydrogen) atoms. The molecule has 0 aliphatic carbocycles. The maximum atomic E-state index is 6.21. The lowest BCUT2D eigenvalue weighted by molar-refractivity contribution is 0.410. The SMILES string of the molecule is CCc1nn(C)cc1NCc1c(Cl)cccc1OC. The van der Waals surface area contributed by atoms with Crippen LogP contribution in [0.5, 0.6) is 5.75 Å². The van der Waals surface area contributed by atoms with Gasteiger partial charge >= 0.3 is 0 Å². The highest BCUT2D eigenvalue weighted by molar-refractivity contribution is 6.31. The van der Waals surface area contributed by atoms with Gasteiger partial charge in [-0.1, -0.05) is 24.6 Å². The Kier molecular flexibility index (Phi) is 4.32. The summed E-state index contributed by atoms with van der Waals surface area (Å²) in [6, 6.07) is 5.66. The van der Waals surface area contributed by atoms with E-state index in [-0.39, 0.29) is 0 Å². The van der Waals surface area contributed by atoms with Crippen molar-refractivity contribution in [3.8, 4) is 5.75 Å². The first-order valence-electron chi connectivity index (χ1n) is 6.23. The van der Waals surface area contributed by atoms with Crippen LogP contribution in [-0.2, 0) is 20.0 Å². The number of hydrogen-bond donors (Lipinski definition) is 1. The average molecular weight is 280 g/mol. The van der Waals surface area contributed by atoms with E-state index in [1.54, 1.807) is 7.11 Å². The summed E-state index contributed by atoms with van der Waals surface area (Å²) >= 11 is 6.21. The second-order valence-electron chi connectivity index (χ2n) is 4.29. The minimum atomic E-state index is 0.613. The van der Waals surface area contributed by atoms with Gasteiger partial charge in [0.2, 0.25) is 0 Å². The van der Waals surface area contributed by atoms with E-state index in [2.05, 4.69) is 17.3 Å². The van der Waals surface area contributed by atoms with Crippen LogP contribution in [0.2, 0.25) is 5.02 Å². The predicted octanol–water partition coefficient (Wildman–Crippen LogP) is 3.26. The van der Waals surface area contributed by atoms with Crippen LogP contribution in [0.25, 0.3) is 0 Å². The molecule has 0 saturated heterocycles. The molecule has 102 valence electrons. The summed E-state index contributed by atoms with van der Waals surface area (Å²) in [5.41, 5.74) is 3.04. The van der Waals surface area contributed by atoms with E-state index in [4.69, 9.17) is 16.3 Å². The fraction of sp³-hybridized carbons (Fsp3) is 0.357. The third-order valence-electron chi connectivity index (χ3n) is 2.99. The zero-order chi connectivity index (χ0) is 13.8. The van der Waals surface area contributed by atoms with E-state index < -0.39 is 0 Å². The van der Waals surface area contributed by atoms with Crippen molar-refractivity contribution in [3.63, 3.8) is 0 Å². The van der Waals surface area contributed by atoms with E-state index in [1.165, 1.54) is 0 Å². The number of aryl methyl sites for hydroxylation is 2. The van der Waals surface area contributed by atoms with Gasteiger partial charge in [-0.3, -0.25) is 4.68 Å². The molecule has 0 bridgehead atoms. The summed E-state index contributed by atoms with van der Waals surface area (Å²) < 4.78 is 7.14. The number of methoxy groups -OCH3 is 1. The van der Waals surface area contributed by atoms with E-state index in [0.717, 1.165) is 29.1 Å². The Morgan fingerprint density at radius 2 is 2.21 bits per heavy atom. The summed E-state index contributed by atoms with van der Waals surface area (Å²) in [5.74, 6) is 0.793. The molecule has 0 unspecified atom stereocenters. The van der Waals surface area contributed by atoms with Gasteiger partial charge in [-0.2, -0.15) is 5.10 Å². The van der Waals surface area contributed by atoms with Crippen LogP contribution in [0.1, 0.15) is 18.2 Å². The van der Waals surface area contributed by atoms with Gasteiger partial charge in [-0.25, -0.2) is 0 Å². The Labute approximate surface area is 118 Å². The fourth-order valence-electron chi connectivity index (χ4n) is 2.03. The summed E-state index contributed by atoms with van der Waals surface area (Å²) in [5, 5.41) is 8.47. The number of aromatic nitrogens is 2. The normalized spacial score (nSPS) is 10.5. The molecule has 2 aromatic rings. The summed E-state index contributed by atoms with van der Waals surface area (Å²) in [6.45, 7) is 2.70. The van der Waals surface area contributed by atoms with Gasteiger partial charge < -0.3 is 10.1 Å². The van der Waals surface area contributed by atoms with Gasteiger partial charge in [-0.05, 0) is 18.6 Å². The maximum absolute atomic E-state index is 6.21. The Morgan fingerprint density at radius 1 is 1.42 bits per heavy atom. The minimum absolute atomic E-state index is 0.613. The zero-order valence-electron chi connectivity index (χ0n) is 11.4. The summed E-state index contributed by atoms with van der Waals surface area (Å²) in [7, 11) is 3.57. The van der Waals surface area contributed by atoms with Crippen LogP contribution in [0, 0.1) is 0 Å². The van der Waals surface area contributed by atoms with Crippen LogP contribution in [0.4, 0.5) is 5.69 Å². The smallest absolute Gasteiger partial charge is 0.125 e. The predicted molar refractivity (Wildman–Crippen MR) is 77.9 cm³/mol. The number of hydrogen-bond acceptors (Lipinski definition) is 3. The van der Waals surface area contributed by atoms with Crippen molar-refractivity contribution in [3.05, 3.63) is 40.7 Å². The van der Waals surface area contributed by atoms with E-state index in [9.17, 15) is 0 Å². The molecule has 1 N–H and O–H groups in total. The highest BCUT2D eigenvalue weighted by Gasteiger charge is 2.10. The second-order valence-corrected chi connectivity index (χ2v) is 4.70. The molecule has 0 radical (unpaired) electrons. The third-order valence-corrected chi connectivity index (χ3v) is 3.35. The lowest BCUT2D eigenvalue weighted by Gasteiger charge is -2.11. The number of nitrogens with one attached hydrogen (secondary N) is 1. The topological polar surface area (TPSA) is 39.1 Å². The lowest BCUT2D eigenvalue weighted by atomic mass is 10.2. The number of halogens is 1. The Hall–Kier alpha value is -1.68. The van der Waals surface area contributed by atoms with Crippen LogP contribution < -0.4 is 10.1 Å². The van der Waals surface area contributed by atoms with Crippen LogP contribution in [0.15, 0.2) is 24.4 Å². The number of benzene rings is 1. The number of nitrogens with zero attached hydrogens (tertiary/aromatic N) is 2. The maximum Gasteiger partial charge on any atom is 0.125 e. The molecule has 0 fully saturated rings. The quantitative estimate of drug-likeness (QED) is 0.913. The van der Waals surface area contributed by atoms with Crippen LogP contribution >= 0.6 is 11.6 Å². The monoisotopic (exact) mass is 279 g/mol. The molecule has 2 rings (SSSR count). The number of ether oxygens (including phenoxy) is 1. The molecular weight excluding hydrogens is 262 g/mol. The highest BCUT2D eigenvalue weighted by Crippen LogP contribution is 2.27. The van der Waals surface area contributed by atoms with Crippen LogP contribution in [0.3, 0.4) is 0 Å². The minimum Gasteiger partial charge on any atom is -0.496 e. The second kappa shape index (κ2) is 5.97. The van der Waals surface area contributed by atoms with E-state index in [1.807, 2.05) is 36.1 Å². The van der Waals surface area contributed by atoms with Crippen molar-refractivity contribution in [2.24, 2.45) is 7.05 Å². The molecule has 1 aromatic carbocycles. The van der Waals surface area contributed by atoms with E-state index in [0.29, 0.717) is 11.6 Å². The molecule has 0 saturated carbocycles. The molecule has 4 nitrogen and oxygen atoms in total. The zero-order valence-corrected chi connectivity index (χ0v) is 12.2. The first-order chi connectivity index (χ1) is 9.15. The van der Waals surface area contributed by atoms with Gasteiger partial charge in [0.1, 0.15) is 5.75 Å². The molecule has 0 atom stereocenters. The van der Waals surface area contributed by atoms with Gasteiger partial charge in [0, 0.05) is 30.4 Å². The lowest BCUT2D eigenvalue weighted by Crippen LogP contribution is -2.03. The molecule has 0 aliphatic rings. The van der Waals surface area contributed by atoms with Gasteiger partial charge in [0.25, 0.3) is 0 Å². The van der Waals surface area contributed by atoms with Crippen LogP contribution in [-0.4, -0.2) is 16.9 Å². The largest absolute Gasteiger partial charge is 0.496 e. The highest BCUT2D eigenvalue weighted by atomic mass is 35.5. The first-order valence-corrected chi connectivity index (χ1v) is 6.61. The Morgan fingerprint density at radius 3 is 2.89 bits per heavy atom. The van der Waals surface area contributed by atoms with Gasteiger partial charge in [0.15, 0.2) is 0 Å².